The summed E-state index contributed by atoms with van der Waals surface area (Å²) in [6, 6.07) is 14.9. The number of sulfonamides is 1. The Balaban J connectivity index is 1.23. The first-order chi connectivity index (χ1) is 14.5. The molecule has 0 aromatic heterocycles. The van der Waals surface area contributed by atoms with Crippen LogP contribution in [0.25, 0.3) is 0 Å². The predicted octanol–water partition coefficient (Wildman–Crippen LogP) is 2.77. The van der Waals surface area contributed by atoms with Gasteiger partial charge >= 0.3 is 0 Å². The molecule has 2 heterocycles. The second-order valence-electron chi connectivity index (χ2n) is 8.05. The SMILES string of the molecule is O=C(CCc1ccc(S(=O)(=O)N2CCCC2)cc1)NCC1COc2ccccc2C1. The number of hydrogen-bond acceptors (Lipinski definition) is 4. The number of hydrogen-bond donors (Lipinski definition) is 1. The molecular formula is C23H28N2O4S. The van der Waals surface area contributed by atoms with Crippen LogP contribution in [0.5, 0.6) is 5.75 Å². The molecule has 1 unspecified atom stereocenters. The average Bonchev–Trinajstić information content (AvgIpc) is 3.32. The maximum absolute atomic E-state index is 12.6. The van der Waals surface area contributed by atoms with Gasteiger partial charge in [-0.15, -0.1) is 0 Å². The second-order valence-corrected chi connectivity index (χ2v) is 9.99. The molecule has 7 heteroatoms. The number of para-hydroxylation sites is 1. The first kappa shape index (κ1) is 20.9. The van der Waals surface area contributed by atoms with E-state index in [0.717, 1.165) is 30.6 Å². The van der Waals surface area contributed by atoms with Gasteiger partial charge in [0.2, 0.25) is 15.9 Å². The van der Waals surface area contributed by atoms with Gasteiger partial charge in [0.05, 0.1) is 11.5 Å². The normalized spacial score (nSPS) is 19.1. The zero-order valence-electron chi connectivity index (χ0n) is 17.0. The first-order valence-corrected chi connectivity index (χ1v) is 12.0. The largest absolute Gasteiger partial charge is 0.493 e. The molecule has 0 aliphatic carbocycles. The minimum Gasteiger partial charge on any atom is -0.493 e. The Labute approximate surface area is 178 Å². The molecule has 1 saturated heterocycles. The second kappa shape index (κ2) is 9.18. The summed E-state index contributed by atoms with van der Waals surface area (Å²) in [7, 11) is -3.39. The van der Waals surface area contributed by atoms with Gasteiger partial charge in [-0.05, 0) is 55.0 Å². The van der Waals surface area contributed by atoms with Crippen molar-refractivity contribution in [2.24, 2.45) is 5.92 Å². The van der Waals surface area contributed by atoms with E-state index in [1.807, 2.05) is 30.3 Å². The molecule has 0 radical (unpaired) electrons. The van der Waals surface area contributed by atoms with Crippen molar-refractivity contribution in [3.8, 4) is 5.75 Å². The molecule has 6 nitrogen and oxygen atoms in total. The summed E-state index contributed by atoms with van der Waals surface area (Å²) in [5, 5.41) is 3.00. The number of aryl methyl sites for hydroxylation is 1. The lowest BCUT2D eigenvalue weighted by Gasteiger charge is -2.25. The third-order valence-corrected chi connectivity index (χ3v) is 7.72. The number of carbonyl (C=O) groups is 1. The summed E-state index contributed by atoms with van der Waals surface area (Å²) in [6.45, 7) is 2.41. The van der Waals surface area contributed by atoms with E-state index in [9.17, 15) is 13.2 Å². The molecule has 4 rings (SSSR count). The highest BCUT2D eigenvalue weighted by molar-refractivity contribution is 7.89. The van der Waals surface area contributed by atoms with Crippen molar-refractivity contribution in [1.82, 2.24) is 9.62 Å². The van der Waals surface area contributed by atoms with Gasteiger partial charge in [0.1, 0.15) is 5.75 Å². The Morgan fingerprint density at radius 3 is 2.57 bits per heavy atom. The van der Waals surface area contributed by atoms with Crippen LogP contribution in [0, 0.1) is 5.92 Å². The molecule has 1 amide bonds. The maximum atomic E-state index is 12.6. The Hall–Kier alpha value is -2.38. The van der Waals surface area contributed by atoms with E-state index < -0.39 is 10.0 Å². The number of nitrogens with zero attached hydrogens (tertiary/aromatic N) is 1. The van der Waals surface area contributed by atoms with Crippen molar-refractivity contribution >= 4 is 15.9 Å². The summed E-state index contributed by atoms with van der Waals surface area (Å²) in [4.78, 5) is 12.6. The number of rotatable bonds is 7. The van der Waals surface area contributed by atoms with Gasteiger partial charge in [0.25, 0.3) is 0 Å². The molecule has 2 aliphatic heterocycles. The number of benzene rings is 2. The van der Waals surface area contributed by atoms with E-state index in [1.165, 1.54) is 5.56 Å². The molecule has 2 aromatic rings. The van der Waals surface area contributed by atoms with Crippen LogP contribution >= 0.6 is 0 Å². The molecule has 2 aliphatic rings. The topological polar surface area (TPSA) is 75.7 Å². The standard InChI is InChI=1S/C23H28N2O4S/c26-23(24-16-19-15-20-5-1-2-6-22(20)29-17-19)12-9-18-7-10-21(11-8-18)30(27,28)25-13-3-4-14-25/h1-2,5-8,10-11,19H,3-4,9,12-17H2,(H,24,26). The maximum Gasteiger partial charge on any atom is 0.243 e. The highest BCUT2D eigenvalue weighted by Gasteiger charge is 2.27. The van der Waals surface area contributed by atoms with Gasteiger partial charge < -0.3 is 10.1 Å². The monoisotopic (exact) mass is 428 g/mol. The fourth-order valence-corrected chi connectivity index (χ4v) is 5.55. The number of fused-ring (bicyclic) bond motifs is 1. The molecule has 0 bridgehead atoms. The molecule has 30 heavy (non-hydrogen) atoms. The van der Waals surface area contributed by atoms with Crippen molar-refractivity contribution < 1.29 is 17.9 Å². The highest BCUT2D eigenvalue weighted by Crippen LogP contribution is 2.26. The lowest BCUT2D eigenvalue weighted by atomic mass is 9.96. The Morgan fingerprint density at radius 2 is 1.80 bits per heavy atom. The average molecular weight is 429 g/mol. The molecular weight excluding hydrogens is 400 g/mol. The molecule has 160 valence electrons. The van der Waals surface area contributed by atoms with Crippen LogP contribution in [-0.4, -0.2) is 44.9 Å². The lowest BCUT2D eigenvalue weighted by molar-refractivity contribution is -0.121. The summed E-state index contributed by atoms with van der Waals surface area (Å²) in [5.41, 5.74) is 2.15. The zero-order valence-corrected chi connectivity index (χ0v) is 17.9. The highest BCUT2D eigenvalue weighted by atomic mass is 32.2. The van der Waals surface area contributed by atoms with Gasteiger partial charge in [-0.1, -0.05) is 30.3 Å². The third-order valence-electron chi connectivity index (χ3n) is 5.81. The van der Waals surface area contributed by atoms with Gasteiger partial charge in [-0.3, -0.25) is 4.79 Å². The van der Waals surface area contributed by atoms with Gasteiger partial charge in [-0.2, -0.15) is 4.31 Å². The summed E-state index contributed by atoms with van der Waals surface area (Å²) in [5.74, 6) is 1.22. The van der Waals surface area contributed by atoms with E-state index in [0.29, 0.717) is 44.0 Å². The van der Waals surface area contributed by atoms with E-state index in [-0.39, 0.29) is 11.8 Å². The quantitative estimate of drug-likeness (QED) is 0.736. The van der Waals surface area contributed by atoms with Gasteiger partial charge in [0, 0.05) is 32.0 Å². The van der Waals surface area contributed by atoms with Crippen molar-refractivity contribution in [3.05, 3.63) is 59.7 Å². The van der Waals surface area contributed by atoms with Crippen LogP contribution in [-0.2, 0) is 27.7 Å². The Morgan fingerprint density at radius 1 is 1.07 bits per heavy atom. The molecule has 1 atom stereocenters. The van der Waals surface area contributed by atoms with E-state index in [1.54, 1.807) is 16.4 Å². The summed E-state index contributed by atoms with van der Waals surface area (Å²) < 4.78 is 32.5. The van der Waals surface area contributed by atoms with E-state index in [4.69, 9.17) is 4.74 Å². The Bertz CT molecular complexity index is 983. The van der Waals surface area contributed by atoms with Crippen LogP contribution < -0.4 is 10.1 Å². The third kappa shape index (κ3) is 4.84. The molecule has 0 saturated carbocycles. The number of carbonyl (C=O) groups excluding carboxylic acids is 1. The predicted molar refractivity (Wildman–Crippen MR) is 115 cm³/mol. The number of amides is 1. The van der Waals surface area contributed by atoms with Crippen molar-refractivity contribution in [2.75, 3.05) is 26.2 Å². The smallest absolute Gasteiger partial charge is 0.243 e. The molecule has 2 aromatic carbocycles. The van der Waals surface area contributed by atoms with Gasteiger partial charge in [0.15, 0.2) is 0 Å². The number of nitrogens with one attached hydrogen (secondary N) is 1. The zero-order chi connectivity index (χ0) is 21.0. The fourth-order valence-electron chi connectivity index (χ4n) is 4.03. The molecule has 1 fully saturated rings. The minimum absolute atomic E-state index is 0.00243. The van der Waals surface area contributed by atoms with Crippen LogP contribution in [0.15, 0.2) is 53.4 Å². The lowest BCUT2D eigenvalue weighted by Crippen LogP contribution is -2.34. The van der Waals surface area contributed by atoms with Crippen LogP contribution in [0.3, 0.4) is 0 Å². The Kier molecular flexibility index (Phi) is 6.39. The first-order valence-electron chi connectivity index (χ1n) is 10.6. The molecule has 0 spiro atoms. The number of ether oxygens (including phenoxy) is 1. The van der Waals surface area contributed by atoms with E-state index >= 15 is 0 Å². The summed E-state index contributed by atoms with van der Waals surface area (Å²) >= 11 is 0. The van der Waals surface area contributed by atoms with Gasteiger partial charge in [-0.25, -0.2) is 8.42 Å². The van der Waals surface area contributed by atoms with Crippen molar-refractivity contribution in [1.29, 1.82) is 0 Å². The molecule has 1 N–H and O–H groups in total. The van der Waals surface area contributed by atoms with Crippen molar-refractivity contribution in [3.63, 3.8) is 0 Å². The minimum atomic E-state index is -3.39. The summed E-state index contributed by atoms with van der Waals surface area (Å²) in [6.07, 6.45) is 3.71. The van der Waals surface area contributed by atoms with Crippen LogP contribution in [0.1, 0.15) is 30.4 Å². The van der Waals surface area contributed by atoms with Crippen LogP contribution in [0.4, 0.5) is 0 Å². The fraction of sp³-hybridized carbons (Fsp3) is 0.435. The van der Waals surface area contributed by atoms with Crippen molar-refractivity contribution in [2.45, 2.75) is 37.0 Å². The van der Waals surface area contributed by atoms with Crippen LogP contribution in [0.2, 0.25) is 0 Å². The van der Waals surface area contributed by atoms with E-state index in [2.05, 4.69) is 11.4 Å².